The minimum atomic E-state index is -0.901. The van der Waals surface area contributed by atoms with Gasteiger partial charge in [0.15, 0.2) is 0 Å². The van der Waals surface area contributed by atoms with Gasteiger partial charge in [-0.3, -0.25) is 4.98 Å². The highest BCUT2D eigenvalue weighted by Gasteiger charge is 2.26. The molecule has 0 aliphatic heterocycles. The number of nitrogens with zero attached hydrogens (tertiary/aromatic N) is 1. The molecule has 1 aromatic heterocycles. The highest BCUT2D eigenvalue weighted by Crippen LogP contribution is 2.40. The average molecular weight is 379 g/mol. The molecule has 1 N–H and O–H groups in total. The van der Waals surface area contributed by atoms with Crippen molar-refractivity contribution in [2.24, 2.45) is 0 Å². The van der Waals surface area contributed by atoms with Crippen LogP contribution in [-0.2, 0) is 6.42 Å². The molecule has 29 heavy (non-hydrogen) atoms. The number of benzene rings is 3. The van der Waals surface area contributed by atoms with Crippen molar-refractivity contribution in [3.05, 3.63) is 101 Å². The Balaban J connectivity index is 1.53. The van der Waals surface area contributed by atoms with Crippen LogP contribution in [0.1, 0.15) is 45.9 Å². The number of hydrogen-bond donors (Lipinski definition) is 1. The lowest BCUT2D eigenvalue weighted by molar-refractivity contribution is 0.0695. The molecule has 4 aromatic rings. The smallest absolute Gasteiger partial charge is 0.337 e. The summed E-state index contributed by atoms with van der Waals surface area (Å²) in [6.07, 6.45) is 4.63. The predicted octanol–water partition coefficient (Wildman–Crippen LogP) is 6.07. The Morgan fingerprint density at radius 1 is 0.931 bits per heavy atom. The van der Waals surface area contributed by atoms with Gasteiger partial charge in [0.2, 0.25) is 0 Å². The van der Waals surface area contributed by atoms with Crippen LogP contribution in [0.15, 0.2) is 79.0 Å². The van der Waals surface area contributed by atoms with Crippen LogP contribution in [0.2, 0.25) is 0 Å². The van der Waals surface area contributed by atoms with E-state index >= 15 is 0 Å². The van der Waals surface area contributed by atoms with Gasteiger partial charge in [-0.15, -0.1) is 0 Å². The minimum Gasteiger partial charge on any atom is -0.478 e. The molecular formula is C26H21NO2. The van der Waals surface area contributed by atoms with E-state index in [0.29, 0.717) is 23.6 Å². The van der Waals surface area contributed by atoms with Crippen LogP contribution in [0.5, 0.6) is 0 Å². The van der Waals surface area contributed by atoms with Crippen molar-refractivity contribution in [3.8, 4) is 11.1 Å². The number of aromatic nitrogens is 1. The molecule has 5 rings (SSSR count). The molecular weight excluding hydrogens is 358 g/mol. The summed E-state index contributed by atoms with van der Waals surface area (Å²) >= 11 is 0. The first-order valence-electron chi connectivity index (χ1n) is 9.98. The van der Waals surface area contributed by atoms with Crippen molar-refractivity contribution in [3.63, 3.8) is 0 Å². The summed E-state index contributed by atoms with van der Waals surface area (Å²) in [7, 11) is 0. The molecule has 0 atom stereocenters. The summed E-state index contributed by atoms with van der Waals surface area (Å²) in [5.74, 6) is -0.412. The molecule has 142 valence electrons. The van der Waals surface area contributed by atoms with Gasteiger partial charge in [0.1, 0.15) is 0 Å². The average Bonchev–Trinajstić information content (AvgIpc) is 3.60. The molecule has 1 fully saturated rings. The number of carbonyl (C=O) groups is 1. The number of hydrogen-bond acceptors (Lipinski definition) is 2. The second-order valence-electron chi connectivity index (χ2n) is 7.74. The number of pyridine rings is 1. The van der Waals surface area contributed by atoms with Crippen LogP contribution < -0.4 is 0 Å². The summed E-state index contributed by atoms with van der Waals surface area (Å²) in [6.45, 7) is 0. The maximum Gasteiger partial charge on any atom is 0.337 e. The van der Waals surface area contributed by atoms with Gasteiger partial charge < -0.3 is 5.11 Å². The van der Waals surface area contributed by atoms with Crippen LogP contribution in [0.4, 0.5) is 0 Å². The third-order valence-electron chi connectivity index (χ3n) is 5.71. The van der Waals surface area contributed by atoms with Crippen LogP contribution in [0.3, 0.4) is 0 Å². The Hall–Kier alpha value is -3.46. The summed E-state index contributed by atoms with van der Waals surface area (Å²) < 4.78 is 0. The van der Waals surface area contributed by atoms with Gasteiger partial charge in [-0.05, 0) is 63.9 Å². The first kappa shape index (κ1) is 17.6. The number of carboxylic acids is 1. The van der Waals surface area contributed by atoms with Crippen LogP contribution in [0.25, 0.3) is 21.9 Å². The fourth-order valence-electron chi connectivity index (χ4n) is 3.97. The van der Waals surface area contributed by atoms with Gasteiger partial charge in [-0.25, -0.2) is 4.79 Å². The maximum absolute atomic E-state index is 11.8. The summed E-state index contributed by atoms with van der Waals surface area (Å²) in [4.78, 5) is 16.4. The molecule has 0 amide bonds. The summed E-state index contributed by atoms with van der Waals surface area (Å²) in [6, 6.07) is 24.8. The van der Waals surface area contributed by atoms with Crippen molar-refractivity contribution in [2.45, 2.75) is 25.2 Å². The Kier molecular flexibility index (Phi) is 4.36. The van der Waals surface area contributed by atoms with Gasteiger partial charge in [-0.2, -0.15) is 0 Å². The maximum atomic E-state index is 11.8. The third kappa shape index (κ3) is 3.52. The van der Waals surface area contributed by atoms with Crippen molar-refractivity contribution >= 4 is 16.7 Å². The first-order chi connectivity index (χ1) is 14.2. The highest BCUT2D eigenvalue weighted by molar-refractivity contribution is 5.91. The zero-order valence-electron chi connectivity index (χ0n) is 16.0. The van der Waals surface area contributed by atoms with Crippen molar-refractivity contribution in [2.75, 3.05) is 0 Å². The standard InChI is InChI=1S/C26H21NO2/c28-26(29)24-14-22(18-9-10-18)16-27-25(24)15-21-8-4-7-20-13-19(11-12-23(20)21)17-5-2-1-3-6-17/h1-8,11-14,16,18H,9-10,15H2,(H,28,29). The van der Waals surface area contributed by atoms with E-state index < -0.39 is 5.97 Å². The molecule has 0 radical (unpaired) electrons. The SMILES string of the molecule is O=C(O)c1cc(C2CC2)cnc1Cc1cccc2cc(-c3ccccc3)ccc12. The van der Waals surface area contributed by atoms with E-state index in [9.17, 15) is 9.90 Å². The Morgan fingerprint density at radius 3 is 2.52 bits per heavy atom. The van der Waals surface area contributed by atoms with E-state index in [1.807, 2.05) is 36.5 Å². The molecule has 1 saturated carbocycles. The van der Waals surface area contributed by atoms with Gasteiger partial charge in [0.05, 0.1) is 11.3 Å². The monoisotopic (exact) mass is 379 g/mol. The van der Waals surface area contributed by atoms with E-state index in [4.69, 9.17) is 0 Å². The van der Waals surface area contributed by atoms with Crippen molar-refractivity contribution in [1.82, 2.24) is 4.98 Å². The quantitative estimate of drug-likeness (QED) is 0.458. The van der Waals surface area contributed by atoms with Gasteiger partial charge in [-0.1, -0.05) is 60.7 Å². The summed E-state index contributed by atoms with van der Waals surface area (Å²) in [5, 5.41) is 12.0. The second-order valence-corrected chi connectivity index (χ2v) is 7.74. The number of rotatable bonds is 5. The fraction of sp³-hybridized carbons (Fsp3) is 0.154. The Morgan fingerprint density at radius 2 is 1.76 bits per heavy atom. The van der Waals surface area contributed by atoms with Gasteiger partial charge in [0, 0.05) is 12.6 Å². The molecule has 3 nitrogen and oxygen atoms in total. The lowest BCUT2D eigenvalue weighted by Gasteiger charge is -2.11. The minimum absolute atomic E-state index is 0.326. The predicted molar refractivity (Wildman–Crippen MR) is 115 cm³/mol. The molecule has 0 spiro atoms. The number of fused-ring (bicyclic) bond motifs is 1. The molecule has 3 heteroatoms. The Bertz CT molecular complexity index is 1210. The van der Waals surface area contributed by atoms with Gasteiger partial charge in [0.25, 0.3) is 0 Å². The van der Waals surface area contributed by atoms with Crippen molar-refractivity contribution in [1.29, 1.82) is 0 Å². The van der Waals surface area contributed by atoms with E-state index in [1.54, 1.807) is 0 Å². The largest absolute Gasteiger partial charge is 0.478 e. The fourth-order valence-corrected chi connectivity index (χ4v) is 3.97. The molecule has 1 aliphatic rings. The first-order valence-corrected chi connectivity index (χ1v) is 9.98. The number of aromatic carboxylic acids is 1. The van der Waals surface area contributed by atoms with Crippen LogP contribution in [-0.4, -0.2) is 16.1 Å². The van der Waals surface area contributed by atoms with E-state index in [2.05, 4.69) is 47.4 Å². The topological polar surface area (TPSA) is 50.2 Å². The molecule has 0 saturated heterocycles. The van der Waals surface area contributed by atoms with Crippen LogP contribution in [0, 0.1) is 0 Å². The second kappa shape index (κ2) is 7.17. The Labute approximate surface area is 169 Å². The highest BCUT2D eigenvalue weighted by atomic mass is 16.4. The zero-order valence-corrected chi connectivity index (χ0v) is 16.0. The molecule has 1 aliphatic carbocycles. The van der Waals surface area contributed by atoms with E-state index in [-0.39, 0.29) is 0 Å². The van der Waals surface area contributed by atoms with E-state index in [1.165, 1.54) is 11.1 Å². The molecule has 0 unspecified atom stereocenters. The number of carboxylic acid groups (broad SMARTS) is 1. The third-order valence-corrected chi connectivity index (χ3v) is 5.71. The van der Waals surface area contributed by atoms with Crippen LogP contribution >= 0.6 is 0 Å². The molecule has 3 aromatic carbocycles. The zero-order chi connectivity index (χ0) is 19.8. The van der Waals surface area contributed by atoms with Gasteiger partial charge >= 0.3 is 5.97 Å². The van der Waals surface area contributed by atoms with Crippen molar-refractivity contribution < 1.29 is 9.90 Å². The molecule has 0 bridgehead atoms. The van der Waals surface area contributed by atoms with E-state index in [0.717, 1.165) is 34.7 Å². The summed E-state index contributed by atoms with van der Waals surface area (Å²) in [5.41, 5.74) is 5.46. The lowest BCUT2D eigenvalue weighted by Crippen LogP contribution is -2.07. The molecule has 1 heterocycles. The lowest BCUT2D eigenvalue weighted by atomic mass is 9.95. The normalized spacial score (nSPS) is 13.5.